The number of nitrogens with zero attached hydrogens (tertiary/aromatic N) is 3. The SMILES string of the molecule is CN(C)c1ccc(N2CCN(C(=O)c3cccc4ccccc34)CC2)cc1. The summed E-state index contributed by atoms with van der Waals surface area (Å²) in [7, 11) is 4.10. The molecule has 0 aromatic heterocycles. The van der Waals surface area contributed by atoms with E-state index in [0.29, 0.717) is 0 Å². The molecule has 0 bridgehead atoms. The summed E-state index contributed by atoms with van der Waals surface area (Å²) < 4.78 is 0. The third-order valence-corrected chi connectivity index (χ3v) is 5.32. The molecule has 1 aliphatic heterocycles. The summed E-state index contributed by atoms with van der Waals surface area (Å²) in [6.45, 7) is 3.21. The van der Waals surface area contributed by atoms with E-state index < -0.39 is 0 Å². The topological polar surface area (TPSA) is 26.8 Å². The smallest absolute Gasteiger partial charge is 0.254 e. The first-order valence-corrected chi connectivity index (χ1v) is 9.43. The maximum atomic E-state index is 13.1. The third kappa shape index (κ3) is 3.47. The second-order valence-corrected chi connectivity index (χ2v) is 7.22. The van der Waals surface area contributed by atoms with Gasteiger partial charge in [0.05, 0.1) is 0 Å². The van der Waals surface area contributed by atoms with Crippen LogP contribution in [-0.2, 0) is 0 Å². The Kier molecular flexibility index (Phi) is 4.71. The molecule has 0 saturated carbocycles. The number of amides is 1. The highest BCUT2D eigenvalue weighted by molar-refractivity contribution is 6.07. The first kappa shape index (κ1) is 17.4. The molecule has 3 aromatic rings. The molecule has 4 rings (SSSR count). The molecule has 0 unspecified atom stereocenters. The number of carbonyl (C=O) groups excluding carboxylic acids is 1. The van der Waals surface area contributed by atoms with Gasteiger partial charge in [0.25, 0.3) is 5.91 Å². The van der Waals surface area contributed by atoms with E-state index in [4.69, 9.17) is 0 Å². The van der Waals surface area contributed by atoms with Crippen molar-refractivity contribution in [2.24, 2.45) is 0 Å². The van der Waals surface area contributed by atoms with Crippen LogP contribution in [0.3, 0.4) is 0 Å². The molecule has 0 aliphatic carbocycles. The van der Waals surface area contributed by atoms with Gasteiger partial charge in [0.2, 0.25) is 0 Å². The van der Waals surface area contributed by atoms with Crippen molar-refractivity contribution in [3.05, 3.63) is 72.3 Å². The Labute approximate surface area is 160 Å². The first-order valence-electron chi connectivity index (χ1n) is 9.43. The van der Waals surface area contributed by atoms with Crippen LogP contribution < -0.4 is 9.80 Å². The fraction of sp³-hybridized carbons (Fsp3) is 0.261. The van der Waals surface area contributed by atoms with Gasteiger partial charge < -0.3 is 14.7 Å². The Bertz CT molecular complexity index is 936. The van der Waals surface area contributed by atoms with E-state index in [1.165, 1.54) is 11.4 Å². The molecule has 0 N–H and O–H groups in total. The Morgan fingerprint density at radius 3 is 2.19 bits per heavy atom. The summed E-state index contributed by atoms with van der Waals surface area (Å²) in [5.74, 6) is 0.134. The van der Waals surface area contributed by atoms with Crippen LogP contribution in [0.4, 0.5) is 11.4 Å². The van der Waals surface area contributed by atoms with Gasteiger partial charge in [-0.1, -0.05) is 36.4 Å². The number of carbonyl (C=O) groups is 1. The summed E-state index contributed by atoms with van der Waals surface area (Å²) in [5, 5.41) is 2.15. The maximum absolute atomic E-state index is 13.1. The van der Waals surface area contributed by atoms with Gasteiger partial charge in [0.1, 0.15) is 0 Å². The summed E-state index contributed by atoms with van der Waals surface area (Å²) >= 11 is 0. The molecule has 0 spiro atoms. The van der Waals surface area contributed by atoms with Crippen molar-refractivity contribution in [3.8, 4) is 0 Å². The van der Waals surface area contributed by atoms with Gasteiger partial charge in [-0.3, -0.25) is 4.79 Å². The molecule has 1 heterocycles. The molecule has 3 aromatic carbocycles. The Balaban J connectivity index is 1.46. The van der Waals surface area contributed by atoms with Crippen LogP contribution in [0.25, 0.3) is 10.8 Å². The first-order chi connectivity index (χ1) is 13.1. The number of hydrogen-bond acceptors (Lipinski definition) is 3. The van der Waals surface area contributed by atoms with E-state index in [0.717, 1.165) is 42.5 Å². The number of fused-ring (bicyclic) bond motifs is 1. The van der Waals surface area contributed by atoms with E-state index in [1.54, 1.807) is 0 Å². The van der Waals surface area contributed by atoms with Gasteiger partial charge in [0, 0.05) is 57.2 Å². The number of benzene rings is 3. The normalized spacial score (nSPS) is 14.4. The number of hydrogen-bond donors (Lipinski definition) is 0. The van der Waals surface area contributed by atoms with Gasteiger partial charge in [-0.05, 0) is 41.1 Å². The highest BCUT2D eigenvalue weighted by Gasteiger charge is 2.23. The van der Waals surface area contributed by atoms with Crippen molar-refractivity contribution in [2.75, 3.05) is 50.1 Å². The highest BCUT2D eigenvalue weighted by atomic mass is 16.2. The monoisotopic (exact) mass is 359 g/mol. The lowest BCUT2D eigenvalue weighted by Gasteiger charge is -2.36. The lowest BCUT2D eigenvalue weighted by Crippen LogP contribution is -2.48. The van der Waals surface area contributed by atoms with Gasteiger partial charge in [-0.2, -0.15) is 0 Å². The van der Waals surface area contributed by atoms with Crippen molar-refractivity contribution in [1.82, 2.24) is 4.90 Å². The lowest BCUT2D eigenvalue weighted by atomic mass is 10.0. The maximum Gasteiger partial charge on any atom is 0.254 e. The van der Waals surface area contributed by atoms with Crippen molar-refractivity contribution in [3.63, 3.8) is 0 Å². The largest absolute Gasteiger partial charge is 0.378 e. The quantitative estimate of drug-likeness (QED) is 0.710. The molecule has 4 nitrogen and oxygen atoms in total. The average Bonchev–Trinajstić information content (AvgIpc) is 2.73. The lowest BCUT2D eigenvalue weighted by molar-refractivity contribution is 0.0749. The summed E-state index contributed by atoms with van der Waals surface area (Å²) in [4.78, 5) is 19.5. The Hall–Kier alpha value is -3.01. The molecule has 0 atom stereocenters. The fourth-order valence-electron chi connectivity index (χ4n) is 3.71. The minimum absolute atomic E-state index is 0.134. The molecule has 1 fully saturated rings. The van der Waals surface area contributed by atoms with Crippen LogP contribution in [0.15, 0.2) is 66.7 Å². The zero-order chi connectivity index (χ0) is 18.8. The second-order valence-electron chi connectivity index (χ2n) is 7.22. The summed E-state index contributed by atoms with van der Waals surface area (Å²) in [6, 6.07) is 22.7. The highest BCUT2D eigenvalue weighted by Crippen LogP contribution is 2.23. The van der Waals surface area contributed by atoms with E-state index in [-0.39, 0.29) is 5.91 Å². The predicted molar refractivity (Wildman–Crippen MR) is 113 cm³/mol. The van der Waals surface area contributed by atoms with Gasteiger partial charge >= 0.3 is 0 Å². The van der Waals surface area contributed by atoms with Crippen LogP contribution in [-0.4, -0.2) is 51.1 Å². The van der Waals surface area contributed by atoms with Crippen molar-refractivity contribution < 1.29 is 4.79 Å². The van der Waals surface area contributed by atoms with Gasteiger partial charge in [-0.25, -0.2) is 0 Å². The van der Waals surface area contributed by atoms with E-state index in [9.17, 15) is 4.79 Å². The summed E-state index contributed by atoms with van der Waals surface area (Å²) in [5.41, 5.74) is 3.22. The van der Waals surface area contributed by atoms with Crippen LogP contribution in [0, 0.1) is 0 Å². The Morgan fingerprint density at radius 1 is 0.815 bits per heavy atom. The third-order valence-electron chi connectivity index (χ3n) is 5.32. The molecule has 138 valence electrons. The van der Waals surface area contributed by atoms with Crippen molar-refractivity contribution in [2.45, 2.75) is 0 Å². The van der Waals surface area contributed by atoms with E-state index in [2.05, 4.69) is 46.2 Å². The molecular weight excluding hydrogens is 334 g/mol. The van der Waals surface area contributed by atoms with Crippen LogP contribution in [0.5, 0.6) is 0 Å². The van der Waals surface area contributed by atoms with E-state index in [1.807, 2.05) is 49.3 Å². The number of anilines is 2. The Morgan fingerprint density at radius 2 is 1.48 bits per heavy atom. The number of piperazine rings is 1. The minimum atomic E-state index is 0.134. The van der Waals surface area contributed by atoms with Gasteiger partial charge in [-0.15, -0.1) is 0 Å². The average molecular weight is 359 g/mol. The molecule has 27 heavy (non-hydrogen) atoms. The minimum Gasteiger partial charge on any atom is -0.378 e. The summed E-state index contributed by atoms with van der Waals surface area (Å²) in [6.07, 6.45) is 0. The molecule has 4 heteroatoms. The van der Waals surface area contributed by atoms with Crippen molar-refractivity contribution in [1.29, 1.82) is 0 Å². The predicted octanol–water partition coefficient (Wildman–Crippen LogP) is 3.87. The molecule has 1 aliphatic rings. The van der Waals surface area contributed by atoms with Crippen LogP contribution >= 0.6 is 0 Å². The number of rotatable bonds is 3. The van der Waals surface area contributed by atoms with Crippen LogP contribution in [0.1, 0.15) is 10.4 Å². The molecule has 1 saturated heterocycles. The second kappa shape index (κ2) is 7.31. The zero-order valence-electron chi connectivity index (χ0n) is 15.9. The zero-order valence-corrected chi connectivity index (χ0v) is 15.9. The van der Waals surface area contributed by atoms with E-state index >= 15 is 0 Å². The fourth-order valence-corrected chi connectivity index (χ4v) is 3.71. The van der Waals surface area contributed by atoms with Gasteiger partial charge in [0.15, 0.2) is 0 Å². The molecule has 1 amide bonds. The standard InChI is InChI=1S/C23H25N3O/c1-24(2)19-10-12-20(13-11-19)25-14-16-26(17-15-25)23(27)22-9-5-7-18-6-3-4-8-21(18)22/h3-13H,14-17H2,1-2H3. The molecular formula is C23H25N3O. The van der Waals surface area contributed by atoms with Crippen LogP contribution in [0.2, 0.25) is 0 Å². The molecule has 0 radical (unpaired) electrons. The van der Waals surface area contributed by atoms with Crippen molar-refractivity contribution >= 4 is 28.1 Å².